The number of morpholine rings is 1. The number of amides is 1. The van der Waals surface area contributed by atoms with Gasteiger partial charge >= 0.3 is 5.97 Å². The van der Waals surface area contributed by atoms with Gasteiger partial charge in [-0.05, 0) is 30.5 Å². The van der Waals surface area contributed by atoms with Crippen molar-refractivity contribution < 1.29 is 24.2 Å². The first-order valence-electron chi connectivity index (χ1n) is 8.82. The Bertz CT molecular complexity index is 638. The SMILES string of the molecule is COc1cccc(C2(C(=O)N3CCO[C@@H](CC(=O)O)C3)CCCC2)c1. The summed E-state index contributed by atoms with van der Waals surface area (Å²) >= 11 is 0. The lowest BCUT2D eigenvalue weighted by Gasteiger charge is -2.39. The zero-order valence-electron chi connectivity index (χ0n) is 14.6. The molecule has 0 unspecified atom stereocenters. The molecule has 1 aliphatic carbocycles. The van der Waals surface area contributed by atoms with Crippen molar-refractivity contribution in [3.63, 3.8) is 0 Å². The minimum atomic E-state index is -0.900. The Balaban J connectivity index is 1.84. The number of hydrogen-bond donors (Lipinski definition) is 1. The van der Waals surface area contributed by atoms with Crippen LogP contribution in [0.15, 0.2) is 24.3 Å². The molecule has 1 saturated carbocycles. The van der Waals surface area contributed by atoms with Crippen LogP contribution in [0.1, 0.15) is 37.7 Å². The second-order valence-corrected chi connectivity index (χ2v) is 6.86. The van der Waals surface area contributed by atoms with Gasteiger partial charge in [-0.15, -0.1) is 0 Å². The number of carbonyl (C=O) groups is 2. The van der Waals surface area contributed by atoms with Gasteiger partial charge in [-0.25, -0.2) is 0 Å². The van der Waals surface area contributed by atoms with Crippen molar-refractivity contribution in [2.75, 3.05) is 26.8 Å². The molecule has 1 aliphatic heterocycles. The highest BCUT2D eigenvalue weighted by Crippen LogP contribution is 2.43. The molecule has 6 heteroatoms. The number of carbonyl (C=O) groups excluding carboxylic acids is 1. The number of methoxy groups -OCH3 is 1. The van der Waals surface area contributed by atoms with Crippen LogP contribution in [0.5, 0.6) is 5.75 Å². The number of benzene rings is 1. The molecule has 2 fully saturated rings. The lowest BCUT2D eigenvalue weighted by atomic mass is 9.77. The average Bonchev–Trinajstić information content (AvgIpc) is 3.12. The molecule has 3 rings (SSSR count). The first-order chi connectivity index (χ1) is 12.0. The maximum atomic E-state index is 13.4. The van der Waals surface area contributed by atoms with E-state index in [1.807, 2.05) is 24.3 Å². The molecular formula is C19H25NO5. The first-order valence-corrected chi connectivity index (χ1v) is 8.82. The minimum Gasteiger partial charge on any atom is -0.497 e. The molecule has 1 heterocycles. The zero-order valence-corrected chi connectivity index (χ0v) is 14.6. The molecule has 1 saturated heterocycles. The Morgan fingerprint density at radius 2 is 2.12 bits per heavy atom. The lowest BCUT2D eigenvalue weighted by molar-refractivity contribution is -0.150. The van der Waals surface area contributed by atoms with Crippen molar-refractivity contribution in [2.45, 2.75) is 43.6 Å². The van der Waals surface area contributed by atoms with Crippen molar-refractivity contribution in [3.8, 4) is 5.75 Å². The summed E-state index contributed by atoms with van der Waals surface area (Å²) < 4.78 is 10.8. The third kappa shape index (κ3) is 3.63. The molecule has 0 bridgehead atoms. The van der Waals surface area contributed by atoms with Gasteiger partial charge in [-0.2, -0.15) is 0 Å². The number of aliphatic carboxylic acids is 1. The molecule has 1 atom stereocenters. The van der Waals surface area contributed by atoms with Crippen LogP contribution in [0.25, 0.3) is 0 Å². The average molecular weight is 347 g/mol. The summed E-state index contributed by atoms with van der Waals surface area (Å²) in [6, 6.07) is 7.77. The molecular weight excluding hydrogens is 322 g/mol. The highest BCUT2D eigenvalue weighted by molar-refractivity contribution is 5.89. The molecule has 1 amide bonds. The van der Waals surface area contributed by atoms with Gasteiger partial charge in [0.1, 0.15) is 5.75 Å². The summed E-state index contributed by atoms with van der Waals surface area (Å²) in [6.45, 7) is 1.25. The van der Waals surface area contributed by atoms with Crippen molar-refractivity contribution >= 4 is 11.9 Å². The van der Waals surface area contributed by atoms with E-state index in [1.165, 1.54) is 0 Å². The van der Waals surface area contributed by atoms with Crippen LogP contribution in [0.3, 0.4) is 0 Å². The van der Waals surface area contributed by atoms with Crippen LogP contribution in [0.2, 0.25) is 0 Å². The lowest BCUT2D eigenvalue weighted by Crippen LogP contribution is -2.52. The quantitative estimate of drug-likeness (QED) is 0.884. The Labute approximate surface area is 147 Å². The van der Waals surface area contributed by atoms with E-state index in [-0.39, 0.29) is 12.3 Å². The third-order valence-electron chi connectivity index (χ3n) is 5.32. The number of ether oxygens (including phenoxy) is 2. The maximum absolute atomic E-state index is 13.4. The fourth-order valence-corrected chi connectivity index (χ4v) is 4.05. The zero-order chi connectivity index (χ0) is 17.9. The van der Waals surface area contributed by atoms with Gasteiger partial charge < -0.3 is 19.5 Å². The van der Waals surface area contributed by atoms with Crippen molar-refractivity contribution in [1.29, 1.82) is 0 Å². The highest BCUT2D eigenvalue weighted by atomic mass is 16.5. The van der Waals surface area contributed by atoms with E-state index < -0.39 is 17.5 Å². The van der Waals surface area contributed by atoms with E-state index >= 15 is 0 Å². The Morgan fingerprint density at radius 3 is 2.80 bits per heavy atom. The monoisotopic (exact) mass is 347 g/mol. The molecule has 0 spiro atoms. The predicted octanol–water partition coefficient (Wildman–Crippen LogP) is 2.21. The maximum Gasteiger partial charge on any atom is 0.306 e. The minimum absolute atomic E-state index is 0.0735. The fraction of sp³-hybridized carbons (Fsp3) is 0.579. The summed E-state index contributed by atoms with van der Waals surface area (Å²) in [7, 11) is 1.63. The van der Waals surface area contributed by atoms with Crippen LogP contribution < -0.4 is 4.74 Å². The van der Waals surface area contributed by atoms with Crippen molar-refractivity contribution in [1.82, 2.24) is 4.90 Å². The molecule has 136 valence electrons. The molecule has 25 heavy (non-hydrogen) atoms. The Morgan fingerprint density at radius 1 is 1.36 bits per heavy atom. The number of carboxylic acid groups (broad SMARTS) is 1. The summed E-state index contributed by atoms with van der Waals surface area (Å²) in [4.78, 5) is 26.2. The van der Waals surface area contributed by atoms with E-state index in [9.17, 15) is 9.59 Å². The predicted molar refractivity (Wildman–Crippen MR) is 91.7 cm³/mol. The van der Waals surface area contributed by atoms with Gasteiger partial charge in [0.25, 0.3) is 0 Å². The molecule has 0 aromatic heterocycles. The van der Waals surface area contributed by atoms with E-state index in [4.69, 9.17) is 14.6 Å². The molecule has 2 aliphatic rings. The smallest absolute Gasteiger partial charge is 0.306 e. The van der Waals surface area contributed by atoms with Gasteiger partial charge in [-0.1, -0.05) is 25.0 Å². The van der Waals surface area contributed by atoms with Crippen LogP contribution in [0.4, 0.5) is 0 Å². The topological polar surface area (TPSA) is 76.1 Å². The normalized spacial score (nSPS) is 22.6. The van der Waals surface area contributed by atoms with Crippen molar-refractivity contribution in [3.05, 3.63) is 29.8 Å². The van der Waals surface area contributed by atoms with E-state index in [1.54, 1.807) is 12.0 Å². The van der Waals surface area contributed by atoms with Crippen LogP contribution >= 0.6 is 0 Å². The molecule has 6 nitrogen and oxygen atoms in total. The highest BCUT2D eigenvalue weighted by Gasteiger charge is 2.46. The standard InChI is InChI=1S/C19H25NO5/c1-24-15-6-4-5-14(11-15)19(7-2-3-8-19)18(23)20-9-10-25-16(13-20)12-17(21)22/h4-6,11,16H,2-3,7-10,12-13H2,1H3,(H,21,22)/t16-/m0/s1. The van der Waals surface area contributed by atoms with Gasteiger partial charge in [0.05, 0.1) is 31.7 Å². The Hall–Kier alpha value is -2.08. The van der Waals surface area contributed by atoms with Gasteiger partial charge in [0.2, 0.25) is 5.91 Å². The summed E-state index contributed by atoms with van der Waals surface area (Å²) in [6.07, 6.45) is 3.17. The van der Waals surface area contributed by atoms with Crippen LogP contribution in [-0.4, -0.2) is 54.8 Å². The van der Waals surface area contributed by atoms with Crippen molar-refractivity contribution in [2.24, 2.45) is 0 Å². The molecule has 1 aromatic carbocycles. The molecule has 1 aromatic rings. The summed E-state index contributed by atoms with van der Waals surface area (Å²) in [5, 5.41) is 8.99. The molecule has 0 radical (unpaired) electrons. The number of carboxylic acids is 1. The summed E-state index contributed by atoms with van der Waals surface area (Å²) in [5.41, 5.74) is 0.468. The second kappa shape index (κ2) is 7.44. The van der Waals surface area contributed by atoms with Gasteiger partial charge in [-0.3, -0.25) is 9.59 Å². The molecule has 1 N–H and O–H groups in total. The third-order valence-corrected chi connectivity index (χ3v) is 5.32. The number of nitrogens with zero attached hydrogens (tertiary/aromatic N) is 1. The Kier molecular flexibility index (Phi) is 5.27. The van der Waals surface area contributed by atoms with Gasteiger partial charge in [0, 0.05) is 13.1 Å². The van der Waals surface area contributed by atoms with Crippen LogP contribution in [-0.2, 0) is 19.7 Å². The van der Waals surface area contributed by atoms with Crippen LogP contribution in [0, 0.1) is 0 Å². The number of rotatable bonds is 5. The largest absolute Gasteiger partial charge is 0.497 e. The van der Waals surface area contributed by atoms with E-state index in [0.29, 0.717) is 19.7 Å². The van der Waals surface area contributed by atoms with Gasteiger partial charge in [0.15, 0.2) is 0 Å². The number of hydrogen-bond acceptors (Lipinski definition) is 4. The fourth-order valence-electron chi connectivity index (χ4n) is 4.05. The summed E-state index contributed by atoms with van der Waals surface area (Å²) in [5.74, 6) is -0.0538. The second-order valence-electron chi connectivity index (χ2n) is 6.86. The van der Waals surface area contributed by atoms with E-state index in [0.717, 1.165) is 37.0 Å². The first kappa shape index (κ1) is 17.7. The van der Waals surface area contributed by atoms with E-state index in [2.05, 4.69) is 0 Å².